The second kappa shape index (κ2) is 6.84. The minimum atomic E-state index is -0.300. The standard InChI is InChI=1S/C21H15N3O3/c25-20-17-6-1-2-7-18(17)21(26)24(20)13-14-4-3-5-16(12-14)19(23-27)15-8-10-22-11-9-15/h1-12,27H,13H2. The molecule has 1 aliphatic heterocycles. The SMILES string of the molecule is O=C1c2ccccc2C(=O)N1Cc1cccc(C(=NO)c2ccncc2)c1. The molecule has 0 spiro atoms. The fourth-order valence-corrected chi connectivity index (χ4v) is 3.17. The van der Waals surface area contributed by atoms with E-state index in [9.17, 15) is 14.8 Å². The average molecular weight is 357 g/mol. The lowest BCUT2D eigenvalue weighted by Crippen LogP contribution is -2.29. The number of hydrogen-bond acceptors (Lipinski definition) is 5. The van der Waals surface area contributed by atoms with Crippen LogP contribution in [0.4, 0.5) is 0 Å². The van der Waals surface area contributed by atoms with Crippen molar-refractivity contribution < 1.29 is 14.8 Å². The Bertz CT molecular complexity index is 1030. The molecule has 1 N–H and O–H groups in total. The van der Waals surface area contributed by atoms with Gasteiger partial charge in [-0.3, -0.25) is 19.5 Å². The Balaban J connectivity index is 1.63. The van der Waals surface area contributed by atoms with E-state index < -0.39 is 0 Å². The minimum Gasteiger partial charge on any atom is -0.410 e. The van der Waals surface area contributed by atoms with Crippen molar-refractivity contribution in [2.45, 2.75) is 6.54 Å². The van der Waals surface area contributed by atoms with Gasteiger partial charge in [0, 0.05) is 23.5 Å². The maximum absolute atomic E-state index is 12.5. The highest BCUT2D eigenvalue weighted by atomic mass is 16.4. The lowest BCUT2D eigenvalue weighted by molar-refractivity contribution is 0.0642. The molecule has 0 saturated heterocycles. The molecular formula is C21H15N3O3. The smallest absolute Gasteiger partial charge is 0.261 e. The quantitative estimate of drug-likeness (QED) is 0.337. The van der Waals surface area contributed by atoms with E-state index in [2.05, 4.69) is 10.1 Å². The number of hydrogen-bond donors (Lipinski definition) is 1. The van der Waals surface area contributed by atoms with Gasteiger partial charge in [0.15, 0.2) is 0 Å². The number of amides is 2. The first-order valence-corrected chi connectivity index (χ1v) is 8.36. The number of aromatic nitrogens is 1. The molecule has 0 unspecified atom stereocenters. The number of oxime groups is 1. The van der Waals surface area contributed by atoms with Crippen LogP contribution in [0.25, 0.3) is 0 Å². The van der Waals surface area contributed by atoms with Crippen molar-refractivity contribution in [1.82, 2.24) is 9.88 Å². The second-order valence-electron chi connectivity index (χ2n) is 6.13. The number of pyridine rings is 1. The van der Waals surface area contributed by atoms with Crippen LogP contribution in [-0.4, -0.2) is 32.6 Å². The molecule has 0 aliphatic carbocycles. The summed E-state index contributed by atoms with van der Waals surface area (Å²) in [6.45, 7) is 0.148. The summed E-state index contributed by atoms with van der Waals surface area (Å²) in [4.78, 5) is 30.3. The molecule has 4 rings (SSSR count). The van der Waals surface area contributed by atoms with Gasteiger partial charge in [-0.25, -0.2) is 0 Å². The third-order valence-electron chi connectivity index (χ3n) is 4.47. The van der Waals surface area contributed by atoms with E-state index in [4.69, 9.17) is 0 Å². The van der Waals surface area contributed by atoms with Crippen molar-refractivity contribution in [2.24, 2.45) is 5.16 Å². The van der Waals surface area contributed by atoms with E-state index in [0.29, 0.717) is 28.0 Å². The highest BCUT2D eigenvalue weighted by Gasteiger charge is 2.34. The third kappa shape index (κ3) is 2.97. The summed E-state index contributed by atoms with van der Waals surface area (Å²) in [6, 6.07) is 17.5. The maximum Gasteiger partial charge on any atom is 0.261 e. The first-order chi connectivity index (χ1) is 13.2. The molecule has 0 fully saturated rings. The van der Waals surface area contributed by atoms with Crippen molar-refractivity contribution >= 4 is 17.5 Å². The topological polar surface area (TPSA) is 82.9 Å². The third-order valence-corrected chi connectivity index (χ3v) is 4.47. The van der Waals surface area contributed by atoms with Crippen molar-refractivity contribution in [3.8, 4) is 0 Å². The minimum absolute atomic E-state index is 0.148. The Morgan fingerprint density at radius 3 is 2.19 bits per heavy atom. The van der Waals surface area contributed by atoms with E-state index in [1.165, 1.54) is 4.90 Å². The number of carbonyl (C=O) groups is 2. The Labute approximate surface area is 155 Å². The molecule has 6 nitrogen and oxygen atoms in total. The summed E-state index contributed by atoms with van der Waals surface area (Å²) in [5.74, 6) is -0.600. The van der Waals surface area contributed by atoms with E-state index in [-0.39, 0.29) is 18.4 Å². The van der Waals surface area contributed by atoms with Crippen molar-refractivity contribution in [1.29, 1.82) is 0 Å². The van der Waals surface area contributed by atoms with Gasteiger partial charge in [0.05, 0.1) is 17.7 Å². The van der Waals surface area contributed by atoms with Gasteiger partial charge in [0.2, 0.25) is 0 Å². The number of nitrogens with zero attached hydrogens (tertiary/aromatic N) is 3. The van der Waals surface area contributed by atoms with Crippen LogP contribution in [0.2, 0.25) is 0 Å². The Morgan fingerprint density at radius 2 is 1.56 bits per heavy atom. The molecule has 0 atom stereocenters. The maximum atomic E-state index is 12.5. The normalized spacial score (nSPS) is 13.8. The molecule has 1 aromatic heterocycles. The number of rotatable bonds is 4. The lowest BCUT2D eigenvalue weighted by atomic mass is 10.0. The van der Waals surface area contributed by atoms with Crippen LogP contribution in [0.5, 0.6) is 0 Å². The predicted molar refractivity (Wildman–Crippen MR) is 98.8 cm³/mol. The summed E-state index contributed by atoms with van der Waals surface area (Å²) < 4.78 is 0. The average Bonchev–Trinajstić information content (AvgIpc) is 2.95. The Morgan fingerprint density at radius 1 is 0.889 bits per heavy atom. The molecular weight excluding hydrogens is 342 g/mol. The summed E-state index contributed by atoms with van der Waals surface area (Å²) in [5.41, 5.74) is 3.39. The zero-order valence-electron chi connectivity index (χ0n) is 14.2. The van der Waals surface area contributed by atoms with Crippen LogP contribution in [0, 0.1) is 0 Å². The number of carbonyl (C=O) groups excluding carboxylic acids is 2. The molecule has 0 radical (unpaired) electrons. The molecule has 3 aromatic rings. The van der Waals surface area contributed by atoms with Crippen LogP contribution >= 0.6 is 0 Å². The van der Waals surface area contributed by atoms with Gasteiger partial charge in [0.1, 0.15) is 5.71 Å². The van der Waals surface area contributed by atoms with Crippen LogP contribution in [0.1, 0.15) is 37.4 Å². The molecule has 2 amide bonds. The molecule has 2 aromatic carbocycles. The molecule has 1 aliphatic rings. The van der Waals surface area contributed by atoms with Gasteiger partial charge in [-0.05, 0) is 35.9 Å². The fourth-order valence-electron chi connectivity index (χ4n) is 3.17. The van der Waals surface area contributed by atoms with Crippen LogP contribution in [0.3, 0.4) is 0 Å². The highest BCUT2D eigenvalue weighted by molar-refractivity contribution is 6.21. The summed E-state index contributed by atoms with van der Waals surface area (Å²) in [7, 11) is 0. The van der Waals surface area contributed by atoms with Gasteiger partial charge < -0.3 is 5.21 Å². The van der Waals surface area contributed by atoms with Crippen LogP contribution < -0.4 is 0 Å². The first-order valence-electron chi connectivity index (χ1n) is 8.36. The summed E-state index contributed by atoms with van der Waals surface area (Å²) >= 11 is 0. The predicted octanol–water partition coefficient (Wildman–Crippen LogP) is 3.10. The van der Waals surface area contributed by atoms with E-state index in [1.807, 2.05) is 6.07 Å². The largest absolute Gasteiger partial charge is 0.410 e. The fraction of sp³-hybridized carbons (Fsp3) is 0.0476. The van der Waals surface area contributed by atoms with E-state index in [0.717, 1.165) is 5.56 Å². The van der Waals surface area contributed by atoms with Gasteiger partial charge in [-0.15, -0.1) is 0 Å². The molecule has 0 saturated carbocycles. The molecule has 27 heavy (non-hydrogen) atoms. The second-order valence-corrected chi connectivity index (χ2v) is 6.13. The Kier molecular flexibility index (Phi) is 4.22. The van der Waals surface area contributed by atoms with Crippen molar-refractivity contribution in [3.63, 3.8) is 0 Å². The lowest BCUT2D eigenvalue weighted by Gasteiger charge is -2.15. The number of benzene rings is 2. The number of fused-ring (bicyclic) bond motifs is 1. The van der Waals surface area contributed by atoms with Crippen LogP contribution in [0.15, 0.2) is 78.2 Å². The first kappa shape index (κ1) is 16.7. The van der Waals surface area contributed by atoms with Gasteiger partial charge in [-0.2, -0.15) is 0 Å². The highest BCUT2D eigenvalue weighted by Crippen LogP contribution is 2.24. The monoisotopic (exact) mass is 357 g/mol. The van der Waals surface area contributed by atoms with Gasteiger partial charge >= 0.3 is 0 Å². The number of imide groups is 1. The van der Waals surface area contributed by atoms with E-state index in [1.54, 1.807) is 67.0 Å². The molecule has 132 valence electrons. The molecule has 6 heteroatoms. The summed E-state index contributed by atoms with van der Waals surface area (Å²) in [6.07, 6.45) is 3.23. The van der Waals surface area contributed by atoms with Gasteiger partial charge in [0.25, 0.3) is 11.8 Å². The van der Waals surface area contributed by atoms with E-state index >= 15 is 0 Å². The molecule has 2 heterocycles. The Hall–Kier alpha value is -3.80. The van der Waals surface area contributed by atoms with Crippen LogP contribution in [-0.2, 0) is 6.54 Å². The van der Waals surface area contributed by atoms with Crippen molar-refractivity contribution in [2.75, 3.05) is 0 Å². The summed E-state index contributed by atoms with van der Waals surface area (Å²) in [5, 5.41) is 12.9. The molecule has 0 bridgehead atoms. The van der Waals surface area contributed by atoms with Gasteiger partial charge in [-0.1, -0.05) is 35.5 Å². The van der Waals surface area contributed by atoms with Crippen molar-refractivity contribution in [3.05, 3.63) is 101 Å². The zero-order chi connectivity index (χ0) is 18.8. The zero-order valence-corrected chi connectivity index (χ0v) is 14.2.